The van der Waals surface area contributed by atoms with E-state index >= 15 is 0 Å². The Labute approximate surface area is 113 Å². The Morgan fingerprint density at radius 3 is 2.89 bits per heavy atom. The number of nitrogens with one attached hydrogen (secondary N) is 2. The van der Waals surface area contributed by atoms with Gasteiger partial charge in [-0.2, -0.15) is 0 Å². The van der Waals surface area contributed by atoms with Crippen molar-refractivity contribution in [3.63, 3.8) is 0 Å². The molecule has 1 rings (SSSR count). The predicted octanol–water partition coefficient (Wildman–Crippen LogP) is 1.71. The first-order valence-corrected chi connectivity index (χ1v) is 6.52. The van der Waals surface area contributed by atoms with Crippen LogP contribution < -0.4 is 15.4 Å². The quantitative estimate of drug-likeness (QED) is 0.670. The van der Waals surface area contributed by atoms with Crippen LogP contribution >= 0.6 is 0 Å². The van der Waals surface area contributed by atoms with Crippen LogP contribution in [0, 0.1) is 5.82 Å². The van der Waals surface area contributed by atoms with Crippen molar-refractivity contribution >= 4 is 5.91 Å². The monoisotopic (exact) mass is 268 g/mol. The van der Waals surface area contributed by atoms with E-state index in [2.05, 4.69) is 10.6 Å². The lowest BCUT2D eigenvalue weighted by molar-refractivity contribution is -0.121. The summed E-state index contributed by atoms with van der Waals surface area (Å²) < 4.78 is 18.2. The predicted molar refractivity (Wildman–Crippen MR) is 72.7 cm³/mol. The summed E-state index contributed by atoms with van der Waals surface area (Å²) in [6.45, 7) is 1.99. The Kier molecular flexibility index (Phi) is 7.58. The molecule has 1 aromatic carbocycles. The summed E-state index contributed by atoms with van der Waals surface area (Å²) in [6, 6.07) is 5.99. The summed E-state index contributed by atoms with van der Waals surface area (Å²) in [5.41, 5.74) is 0. The Bertz CT molecular complexity index is 385. The molecular formula is C14H21FN2O2. The van der Waals surface area contributed by atoms with Crippen LogP contribution in [0.25, 0.3) is 0 Å². The van der Waals surface area contributed by atoms with Gasteiger partial charge in [-0.15, -0.1) is 0 Å². The Morgan fingerprint density at radius 2 is 2.16 bits per heavy atom. The van der Waals surface area contributed by atoms with Gasteiger partial charge in [0.05, 0.1) is 6.61 Å². The molecule has 0 fully saturated rings. The minimum Gasteiger partial charge on any atom is -0.493 e. The summed E-state index contributed by atoms with van der Waals surface area (Å²) in [6.07, 6.45) is 1.96. The third-order valence-electron chi connectivity index (χ3n) is 2.54. The van der Waals surface area contributed by atoms with Crippen LogP contribution in [-0.4, -0.2) is 32.7 Å². The van der Waals surface area contributed by atoms with Crippen LogP contribution in [0.15, 0.2) is 24.3 Å². The number of hydrogen-bond donors (Lipinski definition) is 2. The molecule has 1 aromatic rings. The maximum Gasteiger partial charge on any atom is 0.220 e. The average molecular weight is 268 g/mol. The van der Waals surface area contributed by atoms with Crippen LogP contribution in [0.5, 0.6) is 5.75 Å². The fraction of sp³-hybridized carbons (Fsp3) is 0.500. The summed E-state index contributed by atoms with van der Waals surface area (Å²) in [7, 11) is 1.88. The van der Waals surface area contributed by atoms with Gasteiger partial charge in [-0.25, -0.2) is 4.39 Å². The highest BCUT2D eigenvalue weighted by Gasteiger charge is 2.01. The number of ether oxygens (including phenoxy) is 1. The summed E-state index contributed by atoms with van der Waals surface area (Å²) in [4.78, 5) is 11.4. The molecule has 0 saturated heterocycles. The van der Waals surface area contributed by atoms with E-state index < -0.39 is 0 Å². The lowest BCUT2D eigenvalue weighted by atomic mass is 10.3. The minimum atomic E-state index is -0.320. The topological polar surface area (TPSA) is 50.4 Å². The molecule has 0 aromatic heterocycles. The van der Waals surface area contributed by atoms with Gasteiger partial charge in [-0.05, 0) is 38.6 Å². The third kappa shape index (κ3) is 7.41. The zero-order chi connectivity index (χ0) is 13.9. The number of halogens is 1. The highest BCUT2D eigenvalue weighted by molar-refractivity contribution is 5.75. The van der Waals surface area contributed by atoms with Crippen molar-refractivity contribution in [2.75, 3.05) is 26.7 Å². The largest absolute Gasteiger partial charge is 0.493 e. The van der Waals surface area contributed by atoms with Crippen LogP contribution in [0.4, 0.5) is 4.39 Å². The summed E-state index contributed by atoms with van der Waals surface area (Å²) in [5, 5.41) is 5.85. The lowest BCUT2D eigenvalue weighted by Gasteiger charge is -2.07. The van der Waals surface area contributed by atoms with E-state index in [0.717, 1.165) is 13.0 Å². The van der Waals surface area contributed by atoms with Gasteiger partial charge < -0.3 is 15.4 Å². The molecule has 0 radical (unpaired) electrons. The molecule has 0 aliphatic heterocycles. The second-order valence-electron chi connectivity index (χ2n) is 4.22. The fourth-order valence-electron chi connectivity index (χ4n) is 1.56. The van der Waals surface area contributed by atoms with Gasteiger partial charge in [0.25, 0.3) is 0 Å². The number of hydrogen-bond acceptors (Lipinski definition) is 3. The Balaban J connectivity index is 2.05. The van der Waals surface area contributed by atoms with E-state index in [1.807, 2.05) is 7.05 Å². The van der Waals surface area contributed by atoms with Crippen molar-refractivity contribution in [1.29, 1.82) is 0 Å². The molecule has 1 amide bonds. The van der Waals surface area contributed by atoms with Gasteiger partial charge >= 0.3 is 0 Å². The van der Waals surface area contributed by atoms with Crippen molar-refractivity contribution < 1.29 is 13.9 Å². The van der Waals surface area contributed by atoms with Crippen molar-refractivity contribution in [3.8, 4) is 5.75 Å². The smallest absolute Gasteiger partial charge is 0.220 e. The summed E-state index contributed by atoms with van der Waals surface area (Å²) >= 11 is 0. The zero-order valence-corrected chi connectivity index (χ0v) is 11.2. The Hall–Kier alpha value is -1.62. The van der Waals surface area contributed by atoms with Crippen LogP contribution in [0.2, 0.25) is 0 Å². The molecule has 0 unspecified atom stereocenters. The number of carbonyl (C=O) groups excluding carboxylic acids is 1. The van der Waals surface area contributed by atoms with Gasteiger partial charge in [0.15, 0.2) is 0 Å². The van der Waals surface area contributed by atoms with E-state index in [9.17, 15) is 9.18 Å². The first-order valence-electron chi connectivity index (χ1n) is 6.52. The van der Waals surface area contributed by atoms with Gasteiger partial charge in [-0.1, -0.05) is 6.07 Å². The molecule has 0 aliphatic carbocycles. The number of benzene rings is 1. The molecule has 2 N–H and O–H groups in total. The maximum atomic E-state index is 12.9. The SMILES string of the molecule is CNCCCNC(=O)CCCOc1cccc(F)c1. The van der Waals surface area contributed by atoms with Gasteiger partial charge in [0.2, 0.25) is 5.91 Å². The van der Waals surface area contributed by atoms with Crippen molar-refractivity contribution in [2.45, 2.75) is 19.3 Å². The van der Waals surface area contributed by atoms with E-state index in [4.69, 9.17) is 4.74 Å². The molecule has 0 saturated carbocycles. The molecule has 0 heterocycles. The maximum absolute atomic E-state index is 12.9. The fourth-order valence-corrected chi connectivity index (χ4v) is 1.56. The molecule has 0 spiro atoms. The lowest BCUT2D eigenvalue weighted by Crippen LogP contribution is -2.26. The van der Waals surface area contributed by atoms with Gasteiger partial charge in [0.1, 0.15) is 11.6 Å². The van der Waals surface area contributed by atoms with Crippen molar-refractivity contribution in [2.24, 2.45) is 0 Å². The van der Waals surface area contributed by atoms with Crippen molar-refractivity contribution in [1.82, 2.24) is 10.6 Å². The van der Waals surface area contributed by atoms with E-state index in [1.165, 1.54) is 12.1 Å². The van der Waals surface area contributed by atoms with Crippen LogP contribution in [0.1, 0.15) is 19.3 Å². The van der Waals surface area contributed by atoms with E-state index in [1.54, 1.807) is 12.1 Å². The molecule has 4 nitrogen and oxygen atoms in total. The van der Waals surface area contributed by atoms with Crippen LogP contribution in [0.3, 0.4) is 0 Å². The molecule has 5 heteroatoms. The second-order valence-corrected chi connectivity index (χ2v) is 4.22. The molecular weight excluding hydrogens is 247 g/mol. The normalized spacial score (nSPS) is 10.2. The van der Waals surface area contributed by atoms with E-state index in [0.29, 0.717) is 31.7 Å². The highest BCUT2D eigenvalue weighted by atomic mass is 19.1. The van der Waals surface area contributed by atoms with Crippen molar-refractivity contribution in [3.05, 3.63) is 30.1 Å². The molecule has 0 aliphatic rings. The standard InChI is InChI=1S/C14H21FN2O2/c1-16-8-4-9-17-14(18)7-3-10-19-13-6-2-5-12(15)11-13/h2,5-6,11,16H,3-4,7-10H2,1H3,(H,17,18). The Morgan fingerprint density at radius 1 is 1.32 bits per heavy atom. The second kappa shape index (κ2) is 9.33. The number of rotatable bonds is 9. The first kappa shape index (κ1) is 15.4. The molecule has 0 atom stereocenters. The molecule has 0 bridgehead atoms. The number of carbonyl (C=O) groups is 1. The van der Waals surface area contributed by atoms with Gasteiger partial charge in [-0.3, -0.25) is 4.79 Å². The third-order valence-corrected chi connectivity index (χ3v) is 2.54. The molecule has 106 valence electrons. The minimum absolute atomic E-state index is 0.0268. The number of amides is 1. The van der Waals surface area contributed by atoms with Crippen LogP contribution in [-0.2, 0) is 4.79 Å². The molecule has 19 heavy (non-hydrogen) atoms. The van der Waals surface area contributed by atoms with E-state index in [-0.39, 0.29) is 11.7 Å². The summed E-state index contributed by atoms with van der Waals surface area (Å²) in [5.74, 6) is 0.202. The van der Waals surface area contributed by atoms with Gasteiger partial charge in [0, 0.05) is 19.0 Å². The first-order chi connectivity index (χ1) is 9.22. The highest BCUT2D eigenvalue weighted by Crippen LogP contribution is 2.12. The average Bonchev–Trinajstić information content (AvgIpc) is 2.40. The zero-order valence-electron chi connectivity index (χ0n) is 11.2.